The minimum absolute atomic E-state index is 0.353. The van der Waals surface area contributed by atoms with Crippen LogP contribution < -0.4 is 11.5 Å². The van der Waals surface area contributed by atoms with Crippen LogP contribution in [0.15, 0.2) is 24.8 Å². The van der Waals surface area contributed by atoms with Crippen molar-refractivity contribution in [2.75, 3.05) is 0 Å². The molecule has 0 aromatic rings. The summed E-state index contributed by atoms with van der Waals surface area (Å²) in [5.74, 6) is -0.835. The zero-order chi connectivity index (χ0) is 14.4. The summed E-state index contributed by atoms with van der Waals surface area (Å²) >= 11 is 0. The number of carbonyl (C=O) groups is 2. The molecule has 0 aliphatic rings. The van der Waals surface area contributed by atoms with E-state index < -0.39 is 5.91 Å². The van der Waals surface area contributed by atoms with Gasteiger partial charge in [-0.25, -0.2) is 0 Å². The topological polar surface area (TPSA) is 86.2 Å². The number of rotatable bonds is 9. The van der Waals surface area contributed by atoms with Crippen LogP contribution in [0.1, 0.15) is 51.9 Å². The van der Waals surface area contributed by atoms with E-state index in [4.69, 9.17) is 5.73 Å². The van der Waals surface area contributed by atoms with E-state index in [1.807, 2.05) is 0 Å². The van der Waals surface area contributed by atoms with Gasteiger partial charge in [-0.2, -0.15) is 0 Å². The average Bonchev–Trinajstić information content (AvgIpc) is 2.33. The van der Waals surface area contributed by atoms with Gasteiger partial charge in [0.05, 0.1) is 0 Å². The minimum atomic E-state index is -0.481. The van der Waals surface area contributed by atoms with Crippen molar-refractivity contribution in [3.8, 4) is 0 Å². The first kappa shape index (κ1) is 18.8. The Morgan fingerprint density at radius 3 is 1.89 bits per heavy atom. The molecule has 104 valence electrons. The van der Waals surface area contributed by atoms with Crippen LogP contribution in [-0.2, 0) is 9.59 Å². The highest BCUT2D eigenvalue weighted by atomic mass is 16.1. The van der Waals surface area contributed by atoms with Crippen molar-refractivity contribution < 1.29 is 9.59 Å². The first-order chi connectivity index (χ1) is 8.45. The highest BCUT2D eigenvalue weighted by Gasteiger charge is 1.99. The molecule has 0 atom stereocenters. The molecule has 0 radical (unpaired) electrons. The number of carbonyl (C=O) groups excluding carboxylic acids is 2. The molecule has 0 fully saturated rings. The Labute approximate surface area is 110 Å². The second-order valence-corrected chi connectivity index (χ2v) is 4.09. The molecule has 4 nitrogen and oxygen atoms in total. The zero-order valence-electron chi connectivity index (χ0n) is 11.4. The quantitative estimate of drug-likeness (QED) is 0.489. The van der Waals surface area contributed by atoms with Crippen LogP contribution in [0, 0.1) is 0 Å². The lowest BCUT2D eigenvalue weighted by atomic mass is 10.1. The fraction of sp³-hybridized carbons (Fsp3) is 0.571. The first-order valence-corrected chi connectivity index (χ1v) is 6.35. The Morgan fingerprint density at radius 2 is 1.50 bits per heavy atom. The van der Waals surface area contributed by atoms with Gasteiger partial charge < -0.3 is 11.5 Å². The molecule has 0 aliphatic heterocycles. The van der Waals surface area contributed by atoms with Gasteiger partial charge in [0.15, 0.2) is 0 Å². The van der Waals surface area contributed by atoms with E-state index >= 15 is 0 Å². The van der Waals surface area contributed by atoms with Gasteiger partial charge in [-0.05, 0) is 18.9 Å². The second kappa shape index (κ2) is 13.5. The van der Waals surface area contributed by atoms with Crippen LogP contribution in [0.4, 0.5) is 0 Å². The van der Waals surface area contributed by atoms with Crippen molar-refractivity contribution in [3.05, 3.63) is 24.8 Å². The lowest BCUT2D eigenvalue weighted by Crippen LogP contribution is -2.12. The summed E-state index contributed by atoms with van der Waals surface area (Å²) in [6.45, 7) is 8.90. The molecule has 0 heterocycles. The largest absolute Gasteiger partial charge is 0.366 e. The molecule has 0 aromatic heterocycles. The van der Waals surface area contributed by atoms with Gasteiger partial charge in [0, 0.05) is 5.57 Å². The molecule has 18 heavy (non-hydrogen) atoms. The zero-order valence-corrected chi connectivity index (χ0v) is 11.4. The highest BCUT2D eigenvalue weighted by Crippen LogP contribution is 2.09. The number of amides is 2. The van der Waals surface area contributed by atoms with E-state index in [2.05, 4.69) is 25.8 Å². The van der Waals surface area contributed by atoms with E-state index in [0.29, 0.717) is 5.57 Å². The maximum absolute atomic E-state index is 10.6. The third kappa shape index (κ3) is 16.8. The van der Waals surface area contributed by atoms with E-state index in [0.717, 1.165) is 18.9 Å². The van der Waals surface area contributed by atoms with Crippen molar-refractivity contribution in [2.45, 2.75) is 51.9 Å². The molecule has 0 rings (SSSR count). The van der Waals surface area contributed by atoms with Gasteiger partial charge in [0.25, 0.3) is 0 Å². The van der Waals surface area contributed by atoms with E-state index in [1.54, 1.807) is 0 Å². The van der Waals surface area contributed by atoms with Gasteiger partial charge in [0.1, 0.15) is 0 Å². The molecular weight excluding hydrogens is 228 g/mol. The molecule has 0 saturated heterocycles. The van der Waals surface area contributed by atoms with Crippen LogP contribution in [0.5, 0.6) is 0 Å². The molecule has 4 N–H and O–H groups in total. The van der Waals surface area contributed by atoms with Gasteiger partial charge >= 0.3 is 0 Å². The van der Waals surface area contributed by atoms with Crippen LogP contribution in [-0.4, -0.2) is 11.8 Å². The van der Waals surface area contributed by atoms with Crippen molar-refractivity contribution >= 4 is 11.8 Å². The van der Waals surface area contributed by atoms with Gasteiger partial charge in [0.2, 0.25) is 11.8 Å². The maximum Gasteiger partial charge on any atom is 0.244 e. The predicted molar refractivity (Wildman–Crippen MR) is 75.7 cm³/mol. The Hall–Kier alpha value is -1.58. The van der Waals surface area contributed by atoms with E-state index in [1.165, 1.54) is 32.1 Å². The van der Waals surface area contributed by atoms with E-state index in [9.17, 15) is 9.59 Å². The smallest absolute Gasteiger partial charge is 0.244 e. The van der Waals surface area contributed by atoms with Crippen LogP contribution >= 0.6 is 0 Å². The van der Waals surface area contributed by atoms with Crippen molar-refractivity contribution in [2.24, 2.45) is 11.5 Å². The maximum atomic E-state index is 10.6. The number of hydrogen-bond acceptors (Lipinski definition) is 2. The summed E-state index contributed by atoms with van der Waals surface area (Å²) < 4.78 is 0. The van der Waals surface area contributed by atoms with Crippen molar-refractivity contribution in [3.63, 3.8) is 0 Å². The number of primary amides is 2. The first-order valence-electron chi connectivity index (χ1n) is 6.35. The normalized spacial score (nSPS) is 8.94. The van der Waals surface area contributed by atoms with E-state index in [-0.39, 0.29) is 5.91 Å². The summed E-state index contributed by atoms with van der Waals surface area (Å²) in [7, 11) is 0. The number of nitrogens with two attached hydrogens (primary N) is 2. The monoisotopic (exact) mass is 254 g/mol. The van der Waals surface area contributed by atoms with Crippen molar-refractivity contribution in [1.29, 1.82) is 0 Å². The standard InChI is InChI=1S/C11H21NO.C3H5NO/c1-3-4-5-6-7-8-9-10(2)11(12)13;1-2-3(4)5/h2-9H2,1H3,(H2,12,13);2H,1H2,(H2,4,5). The Bertz CT molecular complexity index is 273. The summed E-state index contributed by atoms with van der Waals surface area (Å²) in [5, 5.41) is 0. The van der Waals surface area contributed by atoms with Gasteiger partial charge in [-0.3, -0.25) is 9.59 Å². The highest BCUT2D eigenvalue weighted by molar-refractivity contribution is 5.91. The molecule has 0 aromatic carbocycles. The average molecular weight is 254 g/mol. The molecule has 0 spiro atoms. The molecule has 0 unspecified atom stereocenters. The molecule has 0 bridgehead atoms. The van der Waals surface area contributed by atoms with Gasteiger partial charge in [-0.1, -0.05) is 52.2 Å². The summed E-state index contributed by atoms with van der Waals surface area (Å²) in [5.41, 5.74) is 10.2. The summed E-state index contributed by atoms with van der Waals surface area (Å²) in [6.07, 6.45) is 9.21. The number of unbranched alkanes of at least 4 members (excludes halogenated alkanes) is 5. The van der Waals surface area contributed by atoms with Crippen LogP contribution in [0.3, 0.4) is 0 Å². The fourth-order valence-corrected chi connectivity index (χ4v) is 1.24. The molecule has 0 aliphatic carbocycles. The molecule has 2 amide bonds. The minimum Gasteiger partial charge on any atom is -0.366 e. The summed E-state index contributed by atoms with van der Waals surface area (Å²) in [4.78, 5) is 20.1. The van der Waals surface area contributed by atoms with Gasteiger partial charge in [-0.15, -0.1) is 0 Å². The van der Waals surface area contributed by atoms with Crippen molar-refractivity contribution in [1.82, 2.24) is 0 Å². The molecule has 4 heteroatoms. The lowest BCUT2D eigenvalue weighted by Gasteiger charge is -2.01. The Morgan fingerprint density at radius 1 is 1.06 bits per heavy atom. The third-order valence-electron chi connectivity index (χ3n) is 2.38. The SMILES string of the molecule is C=C(CCCCCCCC)C(N)=O.C=CC(N)=O. The second-order valence-electron chi connectivity index (χ2n) is 4.09. The lowest BCUT2D eigenvalue weighted by molar-refractivity contribution is -0.115. The van der Waals surface area contributed by atoms with Crippen LogP contribution in [0.25, 0.3) is 0 Å². The fourth-order valence-electron chi connectivity index (χ4n) is 1.24. The molecular formula is C14H26N2O2. The Kier molecular flexibility index (Phi) is 14.1. The predicted octanol–water partition coefficient (Wildman–Crippen LogP) is 2.44. The van der Waals surface area contributed by atoms with Crippen LogP contribution in [0.2, 0.25) is 0 Å². The Balaban J connectivity index is 0. The number of hydrogen-bond donors (Lipinski definition) is 2. The third-order valence-corrected chi connectivity index (χ3v) is 2.38. The summed E-state index contributed by atoms with van der Waals surface area (Å²) in [6, 6.07) is 0. The molecule has 0 saturated carbocycles.